The molecule has 2 unspecified atom stereocenters. The summed E-state index contributed by atoms with van der Waals surface area (Å²) >= 11 is 0. The van der Waals surface area contributed by atoms with Gasteiger partial charge in [0.2, 0.25) is 0 Å². The third-order valence-corrected chi connectivity index (χ3v) is 3.59. The molecule has 1 saturated heterocycles. The average Bonchev–Trinajstić information content (AvgIpc) is 2.87. The van der Waals surface area contributed by atoms with Crippen LogP contribution in [0.4, 0.5) is 19.0 Å². The minimum absolute atomic E-state index is 0.0893. The van der Waals surface area contributed by atoms with Crippen LogP contribution in [0, 0.1) is 11.8 Å². The predicted octanol–water partition coefficient (Wildman–Crippen LogP) is -2.53. The fourth-order valence-electron chi connectivity index (χ4n) is 2.23. The summed E-state index contributed by atoms with van der Waals surface area (Å²) in [4.78, 5) is 26.1. The Bertz CT molecular complexity index is 831. The van der Waals surface area contributed by atoms with Gasteiger partial charge in [-0.15, -0.1) is 0 Å². The number of aromatic nitrogens is 2. The average molecular weight is 392 g/mol. The standard InChI is InChI=1S/C14H15F3N4O6/c15-14(16,17)12(25)19-3-1-2-6-4-21(13(26)20-10(6)18)11-9(24)8(23)7(5-22)27-11/h4,7-9,11,22-24H,3,5H2,(H,19,25)(H2,18,20,26)/t7-,8?,9?,11-/m1/s1. The van der Waals surface area contributed by atoms with Crippen LogP contribution in [0.2, 0.25) is 0 Å². The Morgan fingerprint density at radius 1 is 1.41 bits per heavy atom. The zero-order chi connectivity index (χ0) is 20.4. The van der Waals surface area contributed by atoms with Crippen molar-refractivity contribution in [2.24, 2.45) is 0 Å². The molecule has 1 aromatic rings. The summed E-state index contributed by atoms with van der Waals surface area (Å²) in [5, 5.41) is 30.3. The summed E-state index contributed by atoms with van der Waals surface area (Å²) in [5.41, 5.74) is 4.49. The minimum Gasteiger partial charge on any atom is -0.394 e. The van der Waals surface area contributed by atoms with Gasteiger partial charge < -0.3 is 31.1 Å². The van der Waals surface area contributed by atoms with Gasteiger partial charge in [-0.2, -0.15) is 18.2 Å². The third kappa shape index (κ3) is 4.55. The maximum Gasteiger partial charge on any atom is 0.471 e. The number of nitrogens with one attached hydrogen (secondary N) is 1. The van der Waals surface area contributed by atoms with Gasteiger partial charge in [-0.1, -0.05) is 11.8 Å². The molecule has 2 rings (SSSR count). The van der Waals surface area contributed by atoms with Crippen molar-refractivity contribution in [1.82, 2.24) is 14.9 Å². The first kappa shape index (κ1) is 20.6. The van der Waals surface area contributed by atoms with E-state index in [0.29, 0.717) is 0 Å². The summed E-state index contributed by atoms with van der Waals surface area (Å²) in [6.45, 7) is -1.26. The Balaban J connectivity index is 2.21. The van der Waals surface area contributed by atoms with E-state index in [1.165, 1.54) is 5.32 Å². The van der Waals surface area contributed by atoms with Crippen LogP contribution >= 0.6 is 0 Å². The molecule has 1 amide bonds. The fraction of sp³-hybridized carbons (Fsp3) is 0.500. The van der Waals surface area contributed by atoms with Gasteiger partial charge in [0.1, 0.15) is 24.1 Å². The number of hydrogen-bond donors (Lipinski definition) is 5. The van der Waals surface area contributed by atoms with E-state index in [1.807, 2.05) is 0 Å². The summed E-state index contributed by atoms with van der Waals surface area (Å²) in [7, 11) is 0. The summed E-state index contributed by atoms with van der Waals surface area (Å²) in [6, 6.07) is 0. The van der Waals surface area contributed by atoms with Gasteiger partial charge in [0.15, 0.2) is 6.23 Å². The number of amides is 1. The molecule has 10 nitrogen and oxygen atoms in total. The first-order valence-electron chi connectivity index (χ1n) is 7.41. The summed E-state index contributed by atoms with van der Waals surface area (Å²) in [6.07, 6.45) is -9.56. The molecule has 4 atom stereocenters. The first-order chi connectivity index (χ1) is 12.6. The molecule has 13 heteroatoms. The number of alkyl halides is 3. The zero-order valence-corrected chi connectivity index (χ0v) is 13.5. The Morgan fingerprint density at radius 2 is 2.07 bits per heavy atom. The fourth-order valence-corrected chi connectivity index (χ4v) is 2.23. The van der Waals surface area contributed by atoms with Crippen LogP contribution in [-0.2, 0) is 9.53 Å². The highest BCUT2D eigenvalue weighted by molar-refractivity contribution is 5.81. The number of ether oxygens (including phenoxy) is 1. The highest BCUT2D eigenvalue weighted by Crippen LogP contribution is 2.28. The van der Waals surface area contributed by atoms with Gasteiger partial charge in [0, 0.05) is 6.20 Å². The second-order valence-electron chi connectivity index (χ2n) is 5.44. The first-order valence-corrected chi connectivity index (χ1v) is 7.41. The maximum atomic E-state index is 12.1. The van der Waals surface area contributed by atoms with E-state index in [9.17, 15) is 33.0 Å². The van der Waals surface area contributed by atoms with E-state index in [4.69, 9.17) is 15.6 Å². The second-order valence-corrected chi connectivity index (χ2v) is 5.44. The molecule has 0 aliphatic carbocycles. The molecule has 0 saturated carbocycles. The lowest BCUT2D eigenvalue weighted by atomic mass is 10.1. The number of aliphatic hydroxyl groups excluding tert-OH is 3. The predicted molar refractivity (Wildman–Crippen MR) is 81.9 cm³/mol. The van der Waals surface area contributed by atoms with Crippen molar-refractivity contribution >= 4 is 11.7 Å². The van der Waals surface area contributed by atoms with E-state index in [0.717, 1.165) is 10.8 Å². The number of rotatable bonds is 3. The number of hydrogen-bond acceptors (Lipinski definition) is 8. The Kier molecular flexibility index (Phi) is 6.06. The second kappa shape index (κ2) is 7.92. The smallest absolute Gasteiger partial charge is 0.394 e. The molecule has 2 heterocycles. The lowest BCUT2D eigenvalue weighted by Gasteiger charge is -2.17. The van der Waals surface area contributed by atoms with Crippen LogP contribution in [-0.4, -0.2) is 68.4 Å². The quantitative estimate of drug-likeness (QED) is 0.352. The molecule has 1 aromatic heterocycles. The molecule has 0 radical (unpaired) electrons. The maximum absolute atomic E-state index is 12.1. The third-order valence-electron chi connectivity index (χ3n) is 3.59. The van der Waals surface area contributed by atoms with Crippen LogP contribution in [0.15, 0.2) is 11.0 Å². The van der Waals surface area contributed by atoms with Crippen LogP contribution in [0.1, 0.15) is 11.8 Å². The Morgan fingerprint density at radius 3 is 2.63 bits per heavy atom. The van der Waals surface area contributed by atoms with E-state index >= 15 is 0 Å². The van der Waals surface area contributed by atoms with Crippen molar-refractivity contribution in [3.05, 3.63) is 22.2 Å². The van der Waals surface area contributed by atoms with Crippen LogP contribution in [0.25, 0.3) is 0 Å². The number of nitrogens with two attached hydrogens (primary N) is 1. The van der Waals surface area contributed by atoms with E-state index < -0.39 is 55.5 Å². The van der Waals surface area contributed by atoms with Crippen LogP contribution in [0.3, 0.4) is 0 Å². The van der Waals surface area contributed by atoms with Gasteiger partial charge in [-0.25, -0.2) is 4.79 Å². The monoisotopic (exact) mass is 392 g/mol. The number of carbonyl (C=O) groups excluding carboxylic acids is 1. The molecular weight excluding hydrogens is 377 g/mol. The molecule has 1 aliphatic heterocycles. The van der Waals surface area contributed by atoms with Crippen molar-refractivity contribution in [2.45, 2.75) is 30.7 Å². The van der Waals surface area contributed by atoms with Gasteiger partial charge in [0.05, 0.1) is 18.7 Å². The number of halogens is 3. The highest BCUT2D eigenvalue weighted by atomic mass is 19.4. The Labute approximate surface area is 149 Å². The van der Waals surface area contributed by atoms with E-state index in [2.05, 4.69) is 16.8 Å². The molecule has 148 valence electrons. The van der Waals surface area contributed by atoms with Gasteiger partial charge in [-0.05, 0) is 0 Å². The molecule has 0 aromatic carbocycles. The summed E-state index contributed by atoms with van der Waals surface area (Å²) in [5.74, 6) is 2.04. The van der Waals surface area contributed by atoms with E-state index in [-0.39, 0.29) is 11.4 Å². The summed E-state index contributed by atoms with van der Waals surface area (Å²) < 4.78 is 42.1. The van der Waals surface area contributed by atoms with Crippen molar-refractivity contribution in [1.29, 1.82) is 0 Å². The van der Waals surface area contributed by atoms with Crippen molar-refractivity contribution in [2.75, 3.05) is 18.9 Å². The number of carbonyl (C=O) groups is 1. The van der Waals surface area contributed by atoms with E-state index in [1.54, 1.807) is 0 Å². The SMILES string of the molecule is Nc1nc(=O)n([C@@H]2O[C@H](CO)C(O)C2O)cc1C#CCNC(=O)C(F)(F)F. The van der Waals surface area contributed by atoms with Crippen molar-refractivity contribution in [3.8, 4) is 11.8 Å². The van der Waals surface area contributed by atoms with Gasteiger partial charge >= 0.3 is 17.8 Å². The molecule has 0 spiro atoms. The molecule has 6 N–H and O–H groups in total. The lowest BCUT2D eigenvalue weighted by Crippen LogP contribution is -2.37. The van der Waals surface area contributed by atoms with Crippen molar-refractivity contribution < 1.29 is 38.0 Å². The number of nitrogen functional groups attached to an aromatic ring is 1. The van der Waals surface area contributed by atoms with Gasteiger partial charge in [0.25, 0.3) is 0 Å². The molecule has 1 aliphatic rings. The van der Waals surface area contributed by atoms with Crippen LogP contribution < -0.4 is 16.7 Å². The molecule has 1 fully saturated rings. The van der Waals surface area contributed by atoms with Crippen molar-refractivity contribution in [3.63, 3.8) is 0 Å². The number of nitrogens with zero attached hydrogens (tertiary/aromatic N) is 2. The molecule has 27 heavy (non-hydrogen) atoms. The highest BCUT2D eigenvalue weighted by Gasteiger charge is 2.44. The molecule has 0 bridgehead atoms. The number of anilines is 1. The Hall–Kier alpha value is -2.66. The topological polar surface area (TPSA) is 160 Å². The van der Waals surface area contributed by atoms with Crippen LogP contribution in [0.5, 0.6) is 0 Å². The molecular formula is C14H15F3N4O6. The largest absolute Gasteiger partial charge is 0.471 e. The van der Waals surface area contributed by atoms with Gasteiger partial charge in [-0.3, -0.25) is 9.36 Å². The number of aliphatic hydroxyl groups is 3. The lowest BCUT2D eigenvalue weighted by molar-refractivity contribution is -0.173. The zero-order valence-electron chi connectivity index (χ0n) is 13.5. The normalized spacial score (nSPS) is 25.0. The minimum atomic E-state index is -5.05.